The quantitative estimate of drug-likeness (QED) is 0.169. The molecule has 0 saturated carbocycles. The highest BCUT2D eigenvalue weighted by molar-refractivity contribution is 7.26. The Labute approximate surface area is 326 Å². The monoisotopic (exact) mass is 729 g/mol. The van der Waals surface area contributed by atoms with E-state index in [1.165, 1.54) is 70.0 Å². The molecular formula is C52H31N3S. The highest BCUT2D eigenvalue weighted by atomic mass is 32.1. The first kappa shape index (κ1) is 31.2. The second kappa shape index (κ2) is 12.2. The summed E-state index contributed by atoms with van der Waals surface area (Å²) < 4.78 is 4.69. The van der Waals surface area contributed by atoms with Gasteiger partial charge in [0.05, 0.1) is 26.9 Å². The van der Waals surface area contributed by atoms with Crippen LogP contribution in [0.15, 0.2) is 188 Å². The van der Waals surface area contributed by atoms with Crippen LogP contribution in [-0.4, -0.2) is 14.5 Å². The van der Waals surface area contributed by atoms with Crippen molar-refractivity contribution >= 4 is 85.8 Å². The van der Waals surface area contributed by atoms with Crippen molar-refractivity contribution < 1.29 is 0 Å². The number of benzene rings is 9. The lowest BCUT2D eigenvalue weighted by molar-refractivity contribution is 1.18. The maximum atomic E-state index is 5.39. The molecule has 0 spiro atoms. The van der Waals surface area contributed by atoms with Crippen LogP contribution in [0.25, 0.3) is 114 Å². The van der Waals surface area contributed by atoms with Gasteiger partial charge in [-0.25, -0.2) is 9.97 Å². The lowest BCUT2D eigenvalue weighted by Crippen LogP contribution is -1.94. The van der Waals surface area contributed by atoms with Gasteiger partial charge < -0.3 is 4.57 Å². The number of hydrogen-bond acceptors (Lipinski definition) is 3. The van der Waals surface area contributed by atoms with Crippen molar-refractivity contribution in [1.82, 2.24) is 14.5 Å². The van der Waals surface area contributed by atoms with E-state index < -0.39 is 0 Å². The maximum absolute atomic E-state index is 5.39. The van der Waals surface area contributed by atoms with Crippen LogP contribution in [0.5, 0.6) is 0 Å². The summed E-state index contributed by atoms with van der Waals surface area (Å²) in [7, 11) is 0. The van der Waals surface area contributed by atoms with Gasteiger partial charge in [0, 0.05) is 37.7 Å². The van der Waals surface area contributed by atoms with Crippen molar-refractivity contribution in [2.24, 2.45) is 0 Å². The molecule has 0 bridgehead atoms. The molecule has 0 aliphatic carbocycles. The van der Waals surface area contributed by atoms with Gasteiger partial charge in [0.2, 0.25) is 0 Å². The first-order chi connectivity index (χ1) is 27.8. The molecule has 9 aromatic carbocycles. The van der Waals surface area contributed by atoms with E-state index in [0.29, 0.717) is 0 Å². The number of para-hydroxylation sites is 2. The maximum Gasteiger partial charge on any atom is 0.160 e. The van der Waals surface area contributed by atoms with Gasteiger partial charge >= 0.3 is 0 Å². The van der Waals surface area contributed by atoms with Crippen LogP contribution < -0.4 is 0 Å². The van der Waals surface area contributed by atoms with E-state index >= 15 is 0 Å². The molecular weight excluding hydrogens is 699 g/mol. The lowest BCUT2D eigenvalue weighted by Gasteiger charge is -2.12. The van der Waals surface area contributed by atoms with Crippen molar-refractivity contribution in [2.75, 3.05) is 0 Å². The topological polar surface area (TPSA) is 30.7 Å². The molecule has 3 heterocycles. The number of rotatable bonds is 4. The molecule has 0 saturated heterocycles. The van der Waals surface area contributed by atoms with E-state index in [0.717, 1.165) is 43.9 Å². The SMILES string of the molecule is c1ccc(-c2nc(-c3ccc4c5ccccc5c5ccccc5c4c3)c3sc4c(-c5cccc(-n6c7ccccc7c7ccccc76)c5)cccc4c3n2)cc1. The molecule has 12 rings (SSSR count). The molecule has 0 radical (unpaired) electrons. The molecule has 3 aromatic heterocycles. The Morgan fingerprint density at radius 2 is 0.911 bits per heavy atom. The van der Waals surface area contributed by atoms with Gasteiger partial charge in [0.15, 0.2) is 5.82 Å². The molecule has 260 valence electrons. The molecule has 56 heavy (non-hydrogen) atoms. The molecule has 0 amide bonds. The third-order valence-electron chi connectivity index (χ3n) is 11.4. The van der Waals surface area contributed by atoms with Gasteiger partial charge in [-0.05, 0) is 73.8 Å². The van der Waals surface area contributed by atoms with E-state index in [9.17, 15) is 0 Å². The van der Waals surface area contributed by atoms with Crippen molar-refractivity contribution in [3.05, 3.63) is 188 Å². The molecule has 0 fully saturated rings. The van der Waals surface area contributed by atoms with E-state index in [-0.39, 0.29) is 0 Å². The minimum absolute atomic E-state index is 0.732. The first-order valence-electron chi connectivity index (χ1n) is 19.0. The van der Waals surface area contributed by atoms with Crippen LogP contribution in [0.3, 0.4) is 0 Å². The number of nitrogens with zero attached hydrogens (tertiary/aromatic N) is 3. The molecule has 4 heteroatoms. The van der Waals surface area contributed by atoms with Crippen molar-refractivity contribution in [1.29, 1.82) is 0 Å². The highest BCUT2D eigenvalue weighted by Crippen LogP contribution is 2.45. The second-order valence-corrected chi connectivity index (χ2v) is 15.5. The third kappa shape index (κ3) is 4.63. The standard InChI is InChI=1S/C52H31N3S/c1-2-14-32(15-3-1)52-53-48(34-28-29-41-39-20-5-4-18-37(39)38-19-6-7-21-40(38)45(41)31-34)51-49(54-52)44-25-13-24-36(50(44)56-51)33-16-12-17-35(30-33)55-46-26-10-8-22-42(46)43-23-9-11-27-47(43)55/h1-31H. The molecule has 0 aliphatic rings. The predicted octanol–water partition coefficient (Wildman–Crippen LogP) is 14.4. The molecule has 0 unspecified atom stereocenters. The smallest absolute Gasteiger partial charge is 0.160 e. The van der Waals surface area contributed by atoms with Gasteiger partial charge in [0.25, 0.3) is 0 Å². The number of thiophene rings is 1. The van der Waals surface area contributed by atoms with Crippen LogP contribution in [0.2, 0.25) is 0 Å². The molecule has 0 atom stereocenters. The zero-order valence-electron chi connectivity index (χ0n) is 30.1. The van der Waals surface area contributed by atoms with Crippen molar-refractivity contribution in [2.45, 2.75) is 0 Å². The third-order valence-corrected chi connectivity index (χ3v) is 12.6. The Morgan fingerprint density at radius 3 is 1.61 bits per heavy atom. The second-order valence-electron chi connectivity index (χ2n) is 14.5. The summed E-state index contributed by atoms with van der Waals surface area (Å²) in [5, 5.41) is 11.2. The summed E-state index contributed by atoms with van der Waals surface area (Å²) in [6.45, 7) is 0. The zero-order chi connectivity index (χ0) is 36.7. The predicted molar refractivity (Wildman–Crippen MR) is 238 cm³/mol. The highest BCUT2D eigenvalue weighted by Gasteiger charge is 2.20. The molecule has 0 N–H and O–H groups in total. The summed E-state index contributed by atoms with van der Waals surface area (Å²) in [5.74, 6) is 0.732. The normalized spacial score (nSPS) is 11.9. The Kier molecular flexibility index (Phi) is 6.80. The van der Waals surface area contributed by atoms with E-state index in [4.69, 9.17) is 9.97 Å². The largest absolute Gasteiger partial charge is 0.309 e. The van der Waals surface area contributed by atoms with Crippen molar-refractivity contribution in [3.63, 3.8) is 0 Å². The minimum Gasteiger partial charge on any atom is -0.309 e. The Morgan fingerprint density at radius 1 is 0.357 bits per heavy atom. The number of hydrogen-bond donors (Lipinski definition) is 0. The fraction of sp³-hybridized carbons (Fsp3) is 0. The van der Waals surface area contributed by atoms with E-state index in [1.807, 2.05) is 6.07 Å². The van der Waals surface area contributed by atoms with Gasteiger partial charge in [-0.2, -0.15) is 0 Å². The van der Waals surface area contributed by atoms with Gasteiger partial charge in [0.1, 0.15) is 0 Å². The average Bonchev–Trinajstić information content (AvgIpc) is 3.82. The summed E-state index contributed by atoms with van der Waals surface area (Å²) in [6, 6.07) is 67.8. The Hall–Kier alpha value is -7.14. The molecule has 3 nitrogen and oxygen atoms in total. The number of fused-ring (bicyclic) bond motifs is 12. The van der Waals surface area contributed by atoms with Crippen molar-refractivity contribution in [3.8, 4) is 39.5 Å². The van der Waals surface area contributed by atoms with Crippen LogP contribution in [-0.2, 0) is 0 Å². The summed E-state index contributed by atoms with van der Waals surface area (Å²) in [6.07, 6.45) is 0. The van der Waals surface area contributed by atoms with Crippen LogP contribution in [0.4, 0.5) is 0 Å². The Balaban J connectivity index is 1.10. The van der Waals surface area contributed by atoms with Gasteiger partial charge in [-0.3, -0.25) is 0 Å². The molecule has 0 aliphatic heterocycles. The van der Waals surface area contributed by atoms with Gasteiger partial charge in [-0.15, -0.1) is 11.3 Å². The first-order valence-corrected chi connectivity index (χ1v) is 19.8. The summed E-state index contributed by atoms with van der Waals surface area (Å²) >= 11 is 1.80. The van der Waals surface area contributed by atoms with Crippen LogP contribution in [0.1, 0.15) is 0 Å². The van der Waals surface area contributed by atoms with Crippen LogP contribution >= 0.6 is 11.3 Å². The fourth-order valence-electron chi connectivity index (χ4n) is 8.87. The number of aromatic nitrogens is 3. The lowest BCUT2D eigenvalue weighted by atomic mass is 9.93. The molecule has 12 aromatic rings. The van der Waals surface area contributed by atoms with E-state index in [2.05, 4.69) is 187 Å². The fourth-order valence-corrected chi connectivity index (χ4v) is 10.2. The minimum atomic E-state index is 0.732. The average molecular weight is 730 g/mol. The van der Waals surface area contributed by atoms with Gasteiger partial charge in [-0.1, -0.05) is 158 Å². The summed E-state index contributed by atoms with van der Waals surface area (Å²) in [5.41, 5.74) is 9.94. The van der Waals surface area contributed by atoms with Crippen LogP contribution in [0, 0.1) is 0 Å². The van der Waals surface area contributed by atoms with E-state index in [1.54, 1.807) is 11.3 Å². The summed E-state index contributed by atoms with van der Waals surface area (Å²) in [4.78, 5) is 10.7. The Bertz CT molecular complexity index is 3450. The zero-order valence-corrected chi connectivity index (χ0v) is 31.0.